The Hall–Kier alpha value is -3.19. The predicted octanol–water partition coefficient (Wildman–Crippen LogP) is 2.70. The molecule has 28 heavy (non-hydrogen) atoms. The minimum atomic E-state index is -0.345. The number of benzene rings is 2. The molecule has 2 amide bonds. The largest absolute Gasteiger partial charge is 0.350 e. The van der Waals surface area contributed by atoms with Crippen LogP contribution < -0.4 is 5.32 Å². The smallest absolute Gasteiger partial charge is 0.270 e. The number of rotatable bonds is 4. The molecule has 1 aromatic heterocycles. The molecule has 0 atom stereocenters. The maximum absolute atomic E-state index is 13.8. The summed E-state index contributed by atoms with van der Waals surface area (Å²) in [7, 11) is 0. The van der Waals surface area contributed by atoms with Crippen LogP contribution in [0, 0.1) is 5.82 Å². The van der Waals surface area contributed by atoms with E-state index in [9.17, 15) is 14.0 Å². The summed E-state index contributed by atoms with van der Waals surface area (Å²) in [6.07, 6.45) is 0. The van der Waals surface area contributed by atoms with Gasteiger partial charge in [-0.15, -0.1) is 0 Å². The quantitative estimate of drug-likeness (QED) is 0.731. The fourth-order valence-corrected chi connectivity index (χ4v) is 3.44. The van der Waals surface area contributed by atoms with E-state index in [1.165, 1.54) is 6.07 Å². The zero-order valence-corrected chi connectivity index (χ0v) is 15.3. The van der Waals surface area contributed by atoms with Gasteiger partial charge < -0.3 is 15.2 Å². The van der Waals surface area contributed by atoms with Crippen molar-refractivity contribution < 1.29 is 14.0 Å². The van der Waals surface area contributed by atoms with Gasteiger partial charge in [0.1, 0.15) is 11.5 Å². The number of para-hydroxylation sites is 1. The second-order valence-corrected chi connectivity index (χ2v) is 6.87. The zero-order chi connectivity index (χ0) is 19.5. The highest BCUT2D eigenvalue weighted by Crippen LogP contribution is 2.20. The molecule has 3 aromatic rings. The second-order valence-electron chi connectivity index (χ2n) is 6.87. The van der Waals surface area contributed by atoms with Crippen molar-refractivity contribution in [1.29, 1.82) is 0 Å². The number of halogens is 1. The highest BCUT2D eigenvalue weighted by atomic mass is 19.1. The fraction of sp³-hybridized carbons (Fsp3) is 0.238. The molecule has 144 valence electrons. The molecule has 1 saturated heterocycles. The molecular weight excluding hydrogens is 359 g/mol. The Labute approximate surface area is 161 Å². The summed E-state index contributed by atoms with van der Waals surface area (Å²) in [4.78, 5) is 31.6. The predicted molar refractivity (Wildman–Crippen MR) is 106 cm³/mol. The molecule has 0 spiro atoms. The minimum Gasteiger partial charge on any atom is -0.350 e. The van der Waals surface area contributed by atoms with Crippen molar-refractivity contribution in [2.75, 3.05) is 38.0 Å². The standard InChI is InChI=1S/C21H21FN4O2/c22-17-7-4-8-18-16(17)13-19(24-18)21(28)26-11-9-25(10-12-26)14-20(27)23-15-5-2-1-3-6-15/h1-8,13,24H,9-12,14H2,(H,23,27). The third-order valence-electron chi connectivity index (χ3n) is 4.93. The molecule has 0 bridgehead atoms. The lowest BCUT2D eigenvalue weighted by Crippen LogP contribution is -2.50. The van der Waals surface area contributed by atoms with Crippen molar-refractivity contribution in [1.82, 2.24) is 14.8 Å². The van der Waals surface area contributed by atoms with Gasteiger partial charge in [0.05, 0.1) is 6.54 Å². The van der Waals surface area contributed by atoms with Crippen LogP contribution in [0.3, 0.4) is 0 Å². The van der Waals surface area contributed by atoms with Crippen molar-refractivity contribution in [3.05, 3.63) is 66.1 Å². The number of amides is 2. The maximum Gasteiger partial charge on any atom is 0.270 e. The molecule has 2 heterocycles. The van der Waals surface area contributed by atoms with E-state index in [2.05, 4.69) is 10.3 Å². The Morgan fingerprint density at radius 2 is 1.75 bits per heavy atom. The van der Waals surface area contributed by atoms with Gasteiger partial charge in [-0.25, -0.2) is 4.39 Å². The van der Waals surface area contributed by atoms with E-state index in [-0.39, 0.29) is 24.2 Å². The van der Waals surface area contributed by atoms with Gasteiger partial charge in [-0.2, -0.15) is 0 Å². The first-order valence-corrected chi connectivity index (χ1v) is 9.24. The Morgan fingerprint density at radius 1 is 1.00 bits per heavy atom. The normalized spacial score (nSPS) is 15.0. The summed E-state index contributed by atoms with van der Waals surface area (Å²) in [5.41, 5.74) is 1.77. The average Bonchev–Trinajstić information content (AvgIpc) is 3.14. The van der Waals surface area contributed by atoms with Crippen molar-refractivity contribution >= 4 is 28.4 Å². The van der Waals surface area contributed by atoms with Crippen molar-refractivity contribution in [3.63, 3.8) is 0 Å². The summed E-state index contributed by atoms with van der Waals surface area (Å²) >= 11 is 0. The van der Waals surface area contributed by atoms with E-state index in [4.69, 9.17) is 0 Å². The van der Waals surface area contributed by atoms with Crippen LogP contribution in [0.5, 0.6) is 0 Å². The number of hydrogen-bond donors (Lipinski definition) is 2. The van der Waals surface area contributed by atoms with Gasteiger partial charge in [0.2, 0.25) is 5.91 Å². The molecule has 0 saturated carbocycles. The van der Waals surface area contributed by atoms with Gasteiger partial charge >= 0.3 is 0 Å². The Morgan fingerprint density at radius 3 is 2.46 bits per heavy atom. The number of fused-ring (bicyclic) bond motifs is 1. The third kappa shape index (κ3) is 3.89. The van der Waals surface area contributed by atoms with E-state index < -0.39 is 0 Å². The van der Waals surface area contributed by atoms with Gasteiger partial charge in [-0.1, -0.05) is 24.3 Å². The first kappa shape index (κ1) is 18.2. The first-order valence-electron chi connectivity index (χ1n) is 9.24. The van der Waals surface area contributed by atoms with Crippen LogP contribution in [-0.2, 0) is 4.79 Å². The molecule has 1 aliphatic heterocycles. The van der Waals surface area contributed by atoms with Gasteiger partial charge in [0.25, 0.3) is 5.91 Å². The fourth-order valence-electron chi connectivity index (χ4n) is 3.44. The highest BCUT2D eigenvalue weighted by molar-refractivity contribution is 5.98. The van der Waals surface area contributed by atoms with E-state index in [1.807, 2.05) is 35.2 Å². The number of aromatic nitrogens is 1. The second kappa shape index (κ2) is 7.82. The SMILES string of the molecule is O=C(CN1CCN(C(=O)c2cc3c(F)cccc3[nH]2)CC1)Nc1ccccc1. The molecule has 7 heteroatoms. The molecule has 2 aromatic carbocycles. The van der Waals surface area contributed by atoms with Gasteiger partial charge in [-0.3, -0.25) is 14.5 Å². The van der Waals surface area contributed by atoms with E-state index in [0.717, 1.165) is 5.69 Å². The zero-order valence-electron chi connectivity index (χ0n) is 15.3. The molecule has 4 rings (SSSR count). The Bertz CT molecular complexity index is 994. The topological polar surface area (TPSA) is 68.4 Å². The highest BCUT2D eigenvalue weighted by Gasteiger charge is 2.24. The molecule has 1 fully saturated rings. The number of H-pyrrole nitrogens is 1. The number of carbonyl (C=O) groups excluding carboxylic acids is 2. The summed E-state index contributed by atoms with van der Waals surface area (Å²) in [6, 6.07) is 15.6. The molecule has 0 radical (unpaired) electrons. The van der Waals surface area contributed by atoms with Crippen molar-refractivity contribution in [3.8, 4) is 0 Å². The van der Waals surface area contributed by atoms with Crippen LogP contribution in [0.2, 0.25) is 0 Å². The van der Waals surface area contributed by atoms with Crippen LogP contribution in [0.1, 0.15) is 10.5 Å². The number of anilines is 1. The lowest BCUT2D eigenvalue weighted by atomic mass is 10.2. The minimum absolute atomic E-state index is 0.0722. The van der Waals surface area contributed by atoms with Gasteiger partial charge in [0.15, 0.2) is 0 Å². The third-order valence-corrected chi connectivity index (χ3v) is 4.93. The summed E-state index contributed by atoms with van der Waals surface area (Å²) in [6.45, 7) is 2.56. The lowest BCUT2D eigenvalue weighted by Gasteiger charge is -2.34. The number of nitrogens with zero attached hydrogens (tertiary/aromatic N) is 2. The van der Waals surface area contributed by atoms with Gasteiger partial charge in [0, 0.05) is 42.8 Å². The van der Waals surface area contributed by atoms with Crippen LogP contribution in [0.15, 0.2) is 54.6 Å². The van der Waals surface area contributed by atoms with Gasteiger partial charge in [-0.05, 0) is 30.3 Å². The molecule has 1 aliphatic rings. The van der Waals surface area contributed by atoms with E-state index in [1.54, 1.807) is 23.1 Å². The van der Waals surface area contributed by atoms with Crippen LogP contribution >= 0.6 is 0 Å². The summed E-state index contributed by atoms with van der Waals surface area (Å²) in [5.74, 6) is -0.567. The first-order chi connectivity index (χ1) is 13.6. The number of aromatic amines is 1. The number of carbonyl (C=O) groups is 2. The van der Waals surface area contributed by atoms with E-state index >= 15 is 0 Å². The molecule has 6 nitrogen and oxygen atoms in total. The Balaban J connectivity index is 1.32. The lowest BCUT2D eigenvalue weighted by molar-refractivity contribution is -0.117. The Kier molecular flexibility index (Phi) is 5.08. The van der Waals surface area contributed by atoms with Crippen molar-refractivity contribution in [2.45, 2.75) is 0 Å². The number of nitrogens with one attached hydrogen (secondary N) is 2. The number of hydrogen-bond acceptors (Lipinski definition) is 3. The maximum atomic E-state index is 13.8. The monoisotopic (exact) mass is 380 g/mol. The van der Waals surface area contributed by atoms with Crippen LogP contribution in [0.4, 0.5) is 10.1 Å². The summed E-state index contributed by atoms with van der Waals surface area (Å²) in [5, 5.41) is 3.29. The summed E-state index contributed by atoms with van der Waals surface area (Å²) < 4.78 is 13.8. The van der Waals surface area contributed by atoms with Crippen molar-refractivity contribution in [2.24, 2.45) is 0 Å². The molecule has 2 N–H and O–H groups in total. The molecular formula is C21H21FN4O2. The van der Waals surface area contributed by atoms with Crippen LogP contribution in [-0.4, -0.2) is 59.3 Å². The molecule has 0 unspecified atom stereocenters. The molecule has 0 aliphatic carbocycles. The van der Waals surface area contributed by atoms with Crippen LogP contribution in [0.25, 0.3) is 10.9 Å². The number of piperazine rings is 1. The van der Waals surface area contributed by atoms with E-state index in [0.29, 0.717) is 42.8 Å². The average molecular weight is 380 g/mol.